The van der Waals surface area contributed by atoms with Gasteiger partial charge in [0.15, 0.2) is 0 Å². The van der Waals surface area contributed by atoms with Crippen LogP contribution in [0.3, 0.4) is 0 Å². The smallest absolute Gasteiger partial charge is 0.224 e. The van der Waals surface area contributed by atoms with Crippen molar-refractivity contribution in [3.8, 4) is 16.3 Å². The molecule has 3 nitrogen and oxygen atoms in total. The number of nitrogens with zero attached hydrogens (tertiary/aromatic N) is 1. The Balaban J connectivity index is 1.67. The van der Waals surface area contributed by atoms with Crippen LogP contribution in [0, 0.1) is 13.8 Å². The third-order valence-corrected chi connectivity index (χ3v) is 6.31. The largest absolute Gasteiger partial charge is 0.507 e. The van der Waals surface area contributed by atoms with Crippen LogP contribution in [0.15, 0.2) is 65.6 Å². The average Bonchev–Trinajstić information content (AvgIpc) is 3.10. The summed E-state index contributed by atoms with van der Waals surface area (Å²) in [4.78, 5) is 18.2. The van der Waals surface area contributed by atoms with Gasteiger partial charge in [0.25, 0.3) is 0 Å². The van der Waals surface area contributed by atoms with E-state index in [1.54, 1.807) is 11.3 Å². The van der Waals surface area contributed by atoms with Crippen LogP contribution in [-0.4, -0.2) is 15.2 Å². The highest BCUT2D eigenvalue weighted by atomic mass is 32.2. The van der Waals surface area contributed by atoms with Gasteiger partial charge in [0.1, 0.15) is 10.8 Å². The number of phenolic OH excluding ortho intramolecular Hbond substituents is 1. The molecule has 0 radical (unpaired) electrons. The van der Waals surface area contributed by atoms with Gasteiger partial charge in [-0.1, -0.05) is 18.2 Å². The summed E-state index contributed by atoms with van der Waals surface area (Å²) in [6.07, 6.45) is 0. The first-order valence-electron chi connectivity index (χ1n) is 8.49. The van der Waals surface area contributed by atoms with E-state index >= 15 is 0 Å². The summed E-state index contributed by atoms with van der Waals surface area (Å²) in [7, 11) is 0. The standard InChI is InChI=1S/C22H17NO2S2/c1-13-10-16(11-14(2)20(13)24)21-23-18-9-8-15(12-19(18)27-21)22(25)26-17-6-4-3-5-7-17/h3-12,24H,1-2H3. The maximum Gasteiger partial charge on any atom is 0.224 e. The Kier molecular flexibility index (Phi) is 4.72. The van der Waals surface area contributed by atoms with Gasteiger partial charge in [-0.05, 0) is 79.2 Å². The van der Waals surface area contributed by atoms with Crippen LogP contribution in [0.5, 0.6) is 5.75 Å². The molecule has 3 aromatic carbocycles. The minimum atomic E-state index is 0.0226. The van der Waals surface area contributed by atoms with Gasteiger partial charge in [0.2, 0.25) is 5.12 Å². The molecule has 0 unspecified atom stereocenters. The van der Waals surface area contributed by atoms with E-state index in [2.05, 4.69) is 0 Å². The van der Waals surface area contributed by atoms with Crippen LogP contribution < -0.4 is 0 Å². The molecule has 27 heavy (non-hydrogen) atoms. The molecule has 4 aromatic rings. The van der Waals surface area contributed by atoms with E-state index < -0.39 is 0 Å². The summed E-state index contributed by atoms with van der Waals surface area (Å²) in [5.74, 6) is 0.325. The molecule has 0 spiro atoms. The zero-order valence-corrected chi connectivity index (χ0v) is 16.5. The molecule has 0 amide bonds. The molecule has 134 valence electrons. The fraction of sp³-hybridized carbons (Fsp3) is 0.0909. The molecule has 0 aliphatic carbocycles. The number of aromatic hydroxyl groups is 1. The van der Waals surface area contributed by atoms with Crippen LogP contribution in [0.25, 0.3) is 20.8 Å². The molecule has 0 atom stereocenters. The Labute approximate surface area is 165 Å². The van der Waals surface area contributed by atoms with Gasteiger partial charge >= 0.3 is 0 Å². The highest BCUT2D eigenvalue weighted by molar-refractivity contribution is 8.14. The maximum absolute atomic E-state index is 12.6. The van der Waals surface area contributed by atoms with E-state index in [-0.39, 0.29) is 5.12 Å². The third kappa shape index (κ3) is 3.61. The van der Waals surface area contributed by atoms with Gasteiger partial charge in [-0.2, -0.15) is 0 Å². The number of thiazole rings is 1. The molecule has 0 saturated heterocycles. The molecule has 0 fully saturated rings. The van der Waals surface area contributed by atoms with Crippen molar-refractivity contribution in [3.63, 3.8) is 0 Å². The second-order valence-corrected chi connectivity index (χ2v) is 8.44. The SMILES string of the molecule is Cc1cc(-c2nc3ccc(C(=O)Sc4ccccc4)cc3s2)cc(C)c1O. The van der Waals surface area contributed by atoms with Crippen LogP contribution in [-0.2, 0) is 0 Å². The van der Waals surface area contributed by atoms with Gasteiger partial charge in [0, 0.05) is 16.0 Å². The Hall–Kier alpha value is -2.63. The van der Waals surface area contributed by atoms with Gasteiger partial charge in [-0.3, -0.25) is 4.79 Å². The molecular formula is C22H17NO2S2. The molecule has 1 N–H and O–H groups in total. The quantitative estimate of drug-likeness (QED) is 0.421. The zero-order valence-electron chi connectivity index (χ0n) is 14.9. The lowest BCUT2D eigenvalue weighted by molar-refractivity contribution is 0.108. The van der Waals surface area contributed by atoms with Crippen molar-refractivity contribution in [3.05, 3.63) is 77.4 Å². The predicted octanol–water partition coefficient (Wildman–Crippen LogP) is 6.22. The number of aryl methyl sites for hydroxylation is 2. The molecule has 0 bridgehead atoms. The van der Waals surface area contributed by atoms with Gasteiger partial charge in [-0.25, -0.2) is 4.98 Å². The molecule has 5 heteroatoms. The minimum Gasteiger partial charge on any atom is -0.507 e. The first-order valence-corrected chi connectivity index (χ1v) is 10.1. The number of carbonyl (C=O) groups excluding carboxylic acids is 1. The summed E-state index contributed by atoms with van der Waals surface area (Å²) in [6.45, 7) is 3.77. The fourth-order valence-corrected chi connectivity index (χ4v) is 4.65. The van der Waals surface area contributed by atoms with Crippen molar-refractivity contribution in [1.29, 1.82) is 0 Å². The Morgan fingerprint density at radius 3 is 2.41 bits per heavy atom. The van der Waals surface area contributed by atoms with E-state index in [9.17, 15) is 9.90 Å². The van der Waals surface area contributed by atoms with Crippen LogP contribution in [0.1, 0.15) is 21.5 Å². The number of fused-ring (bicyclic) bond motifs is 1. The van der Waals surface area contributed by atoms with Crippen molar-refractivity contribution in [2.45, 2.75) is 18.7 Å². The van der Waals surface area contributed by atoms with Gasteiger partial charge < -0.3 is 5.11 Å². The van der Waals surface area contributed by atoms with E-state index in [1.165, 1.54) is 11.8 Å². The topological polar surface area (TPSA) is 50.2 Å². The average molecular weight is 392 g/mol. The molecular weight excluding hydrogens is 374 g/mol. The molecule has 0 saturated carbocycles. The molecule has 0 aliphatic rings. The Morgan fingerprint density at radius 1 is 1.00 bits per heavy atom. The molecule has 1 aromatic heterocycles. The maximum atomic E-state index is 12.6. The van der Waals surface area contributed by atoms with Crippen molar-refractivity contribution in [2.75, 3.05) is 0 Å². The monoisotopic (exact) mass is 391 g/mol. The Bertz CT molecular complexity index is 1130. The van der Waals surface area contributed by atoms with Crippen LogP contribution >= 0.6 is 23.1 Å². The number of phenols is 1. The predicted molar refractivity (Wildman–Crippen MR) is 113 cm³/mol. The van der Waals surface area contributed by atoms with Crippen molar-refractivity contribution < 1.29 is 9.90 Å². The fourth-order valence-electron chi connectivity index (χ4n) is 2.91. The Morgan fingerprint density at radius 2 is 1.70 bits per heavy atom. The van der Waals surface area contributed by atoms with Crippen LogP contribution in [0.4, 0.5) is 0 Å². The highest BCUT2D eigenvalue weighted by Gasteiger charge is 2.13. The second-order valence-electron chi connectivity index (χ2n) is 6.36. The first-order chi connectivity index (χ1) is 13.0. The van der Waals surface area contributed by atoms with Crippen molar-refractivity contribution in [2.24, 2.45) is 0 Å². The summed E-state index contributed by atoms with van der Waals surface area (Å²) < 4.78 is 0.980. The number of hydrogen-bond donors (Lipinski definition) is 1. The zero-order chi connectivity index (χ0) is 19.0. The number of hydrogen-bond acceptors (Lipinski definition) is 5. The second kappa shape index (κ2) is 7.18. The number of carbonyl (C=O) groups is 1. The summed E-state index contributed by atoms with van der Waals surface area (Å²) in [6, 6.07) is 19.2. The van der Waals surface area contributed by atoms with Crippen molar-refractivity contribution in [1.82, 2.24) is 4.98 Å². The third-order valence-electron chi connectivity index (χ3n) is 4.32. The van der Waals surface area contributed by atoms with E-state index in [0.29, 0.717) is 11.3 Å². The lowest BCUT2D eigenvalue weighted by Crippen LogP contribution is -1.92. The number of benzene rings is 3. The van der Waals surface area contributed by atoms with Crippen molar-refractivity contribution >= 4 is 38.4 Å². The minimum absolute atomic E-state index is 0.0226. The van der Waals surface area contributed by atoms with Crippen LogP contribution in [0.2, 0.25) is 0 Å². The lowest BCUT2D eigenvalue weighted by Gasteiger charge is -2.05. The van der Waals surface area contributed by atoms with Gasteiger partial charge in [0.05, 0.1) is 10.2 Å². The summed E-state index contributed by atoms with van der Waals surface area (Å²) >= 11 is 2.79. The number of aromatic nitrogens is 1. The van der Waals surface area contributed by atoms with Gasteiger partial charge in [-0.15, -0.1) is 11.3 Å². The summed E-state index contributed by atoms with van der Waals surface area (Å²) in [5, 5.41) is 10.9. The first kappa shape index (κ1) is 17.8. The van der Waals surface area contributed by atoms with E-state index in [4.69, 9.17) is 4.98 Å². The lowest BCUT2D eigenvalue weighted by atomic mass is 10.1. The number of rotatable bonds is 3. The summed E-state index contributed by atoms with van der Waals surface area (Å²) in [5.41, 5.74) is 4.19. The van der Waals surface area contributed by atoms with E-state index in [0.717, 1.165) is 36.8 Å². The number of thioether (sulfide) groups is 1. The normalized spacial score (nSPS) is 11.0. The van der Waals surface area contributed by atoms with E-state index in [1.807, 2.05) is 74.5 Å². The molecule has 0 aliphatic heterocycles. The molecule has 1 heterocycles. The molecule has 4 rings (SSSR count). The highest BCUT2D eigenvalue weighted by Crippen LogP contribution is 2.35.